The molecule has 136 valence electrons. The minimum atomic E-state index is 0.00775. The number of carbonyl (C=O) groups is 1. The molecule has 1 heterocycles. The predicted octanol–water partition coefficient (Wildman–Crippen LogP) is 1.50. The van der Waals surface area contributed by atoms with Crippen molar-refractivity contribution in [2.45, 2.75) is 25.7 Å². The monoisotopic (exact) mass is 348 g/mol. The van der Waals surface area contributed by atoms with Crippen LogP contribution in [0.15, 0.2) is 22.7 Å². The number of unbranched alkanes of at least 4 members (excludes halogenated alkanes) is 2. The number of phenolic OH excluding ortho intramolecular Hbond substituents is 1. The molecule has 1 aromatic heterocycles. The third-order valence-electron chi connectivity index (χ3n) is 3.63. The van der Waals surface area contributed by atoms with E-state index in [4.69, 9.17) is 9.26 Å². The summed E-state index contributed by atoms with van der Waals surface area (Å²) in [6.07, 6.45) is 3.46. The number of hydrogen-bond donors (Lipinski definition) is 3. The fourth-order valence-electron chi connectivity index (χ4n) is 2.32. The molecule has 2 rings (SSSR count). The van der Waals surface area contributed by atoms with Gasteiger partial charge in [-0.25, -0.2) is 0 Å². The van der Waals surface area contributed by atoms with Crippen LogP contribution < -0.4 is 15.4 Å². The quantitative estimate of drug-likeness (QED) is 0.558. The molecule has 0 saturated carbocycles. The summed E-state index contributed by atoms with van der Waals surface area (Å²) in [5.74, 6) is 1.48. The SMILES string of the molecule is CNCC(=O)NCCCCCc1nc(-c2ccc(O)c(OC)c2)no1. The van der Waals surface area contributed by atoms with Crippen molar-refractivity contribution >= 4 is 5.91 Å². The molecular formula is C17H24N4O4. The van der Waals surface area contributed by atoms with Crippen molar-refractivity contribution < 1.29 is 19.2 Å². The summed E-state index contributed by atoms with van der Waals surface area (Å²) in [5.41, 5.74) is 0.719. The van der Waals surface area contributed by atoms with Crippen molar-refractivity contribution in [1.82, 2.24) is 20.8 Å². The summed E-state index contributed by atoms with van der Waals surface area (Å²) >= 11 is 0. The molecule has 0 unspecified atom stereocenters. The Morgan fingerprint density at radius 1 is 1.32 bits per heavy atom. The number of nitrogens with one attached hydrogen (secondary N) is 2. The van der Waals surface area contributed by atoms with Gasteiger partial charge in [0.2, 0.25) is 17.6 Å². The second kappa shape index (κ2) is 9.63. The van der Waals surface area contributed by atoms with Crippen molar-refractivity contribution in [1.29, 1.82) is 0 Å². The number of phenols is 1. The van der Waals surface area contributed by atoms with Gasteiger partial charge in [0.05, 0.1) is 13.7 Å². The van der Waals surface area contributed by atoms with E-state index in [2.05, 4.69) is 20.8 Å². The van der Waals surface area contributed by atoms with Crippen LogP contribution in [0.3, 0.4) is 0 Å². The Morgan fingerprint density at radius 2 is 2.16 bits per heavy atom. The summed E-state index contributed by atoms with van der Waals surface area (Å²) in [5, 5.41) is 19.2. The predicted molar refractivity (Wildman–Crippen MR) is 92.4 cm³/mol. The van der Waals surface area contributed by atoms with Gasteiger partial charge in [0, 0.05) is 18.5 Å². The van der Waals surface area contributed by atoms with Gasteiger partial charge < -0.3 is 25.0 Å². The second-order valence-corrected chi connectivity index (χ2v) is 5.59. The fourth-order valence-corrected chi connectivity index (χ4v) is 2.32. The highest BCUT2D eigenvalue weighted by atomic mass is 16.5. The van der Waals surface area contributed by atoms with Gasteiger partial charge in [-0.05, 0) is 38.1 Å². The molecule has 0 bridgehead atoms. The van der Waals surface area contributed by atoms with Gasteiger partial charge in [0.1, 0.15) is 0 Å². The molecule has 3 N–H and O–H groups in total. The van der Waals surface area contributed by atoms with Gasteiger partial charge in [-0.3, -0.25) is 4.79 Å². The number of benzene rings is 1. The van der Waals surface area contributed by atoms with Gasteiger partial charge in [-0.15, -0.1) is 0 Å². The van der Waals surface area contributed by atoms with E-state index in [0.29, 0.717) is 37.0 Å². The van der Waals surface area contributed by atoms with Crippen LogP contribution in [0.1, 0.15) is 25.2 Å². The molecule has 1 amide bonds. The maximum atomic E-state index is 11.3. The highest BCUT2D eigenvalue weighted by Gasteiger charge is 2.11. The van der Waals surface area contributed by atoms with E-state index >= 15 is 0 Å². The highest BCUT2D eigenvalue weighted by molar-refractivity contribution is 5.77. The zero-order valence-corrected chi connectivity index (χ0v) is 14.5. The number of amides is 1. The third-order valence-corrected chi connectivity index (χ3v) is 3.63. The Labute approximate surface area is 146 Å². The Kier molecular flexibility index (Phi) is 7.21. The number of methoxy groups -OCH3 is 1. The van der Waals surface area contributed by atoms with Crippen LogP contribution in [0.2, 0.25) is 0 Å². The number of ether oxygens (including phenoxy) is 1. The molecule has 1 aromatic carbocycles. The third kappa shape index (κ3) is 5.75. The largest absolute Gasteiger partial charge is 0.504 e. The van der Waals surface area contributed by atoms with E-state index in [1.54, 1.807) is 19.2 Å². The molecule has 25 heavy (non-hydrogen) atoms. The van der Waals surface area contributed by atoms with E-state index in [-0.39, 0.29) is 11.7 Å². The Bertz CT molecular complexity index is 687. The van der Waals surface area contributed by atoms with Crippen molar-refractivity contribution in [3.63, 3.8) is 0 Å². The highest BCUT2D eigenvalue weighted by Crippen LogP contribution is 2.30. The first kappa shape index (κ1) is 18.7. The summed E-state index contributed by atoms with van der Waals surface area (Å²) in [6.45, 7) is 1.01. The lowest BCUT2D eigenvalue weighted by Gasteiger charge is -2.04. The van der Waals surface area contributed by atoms with Gasteiger partial charge in [0.15, 0.2) is 11.5 Å². The first-order valence-corrected chi connectivity index (χ1v) is 8.25. The van der Waals surface area contributed by atoms with Crippen LogP contribution in [-0.2, 0) is 11.2 Å². The molecule has 0 spiro atoms. The second-order valence-electron chi connectivity index (χ2n) is 5.59. The molecule has 8 nitrogen and oxygen atoms in total. The summed E-state index contributed by atoms with van der Waals surface area (Å²) in [4.78, 5) is 15.6. The van der Waals surface area contributed by atoms with Crippen molar-refractivity contribution in [2.75, 3.05) is 27.2 Å². The molecule has 0 radical (unpaired) electrons. The lowest BCUT2D eigenvalue weighted by molar-refractivity contribution is -0.120. The topological polar surface area (TPSA) is 110 Å². The van der Waals surface area contributed by atoms with E-state index in [1.165, 1.54) is 13.2 Å². The molecule has 8 heteroatoms. The van der Waals surface area contributed by atoms with Crippen LogP contribution in [0, 0.1) is 0 Å². The van der Waals surface area contributed by atoms with Crippen LogP contribution in [0.5, 0.6) is 11.5 Å². The number of carbonyl (C=O) groups excluding carboxylic acids is 1. The van der Waals surface area contributed by atoms with Crippen LogP contribution in [0.25, 0.3) is 11.4 Å². The average Bonchev–Trinajstić information content (AvgIpc) is 3.07. The Morgan fingerprint density at radius 3 is 2.92 bits per heavy atom. The minimum Gasteiger partial charge on any atom is -0.504 e. The number of hydrogen-bond acceptors (Lipinski definition) is 7. The zero-order chi connectivity index (χ0) is 18.1. The average molecular weight is 348 g/mol. The number of nitrogens with zero attached hydrogens (tertiary/aromatic N) is 2. The van der Waals surface area contributed by atoms with Crippen molar-refractivity contribution in [2.24, 2.45) is 0 Å². The van der Waals surface area contributed by atoms with Gasteiger partial charge in [-0.2, -0.15) is 4.98 Å². The molecule has 0 saturated heterocycles. The standard InChI is InChI=1S/C17H24N4O4/c1-18-11-15(23)19-9-5-3-4-6-16-20-17(21-25-16)12-7-8-13(22)14(10-12)24-2/h7-8,10,18,22H,3-6,9,11H2,1-2H3,(H,19,23). The molecule has 0 aliphatic rings. The van der Waals surface area contributed by atoms with E-state index in [9.17, 15) is 9.90 Å². The van der Waals surface area contributed by atoms with Crippen LogP contribution in [-0.4, -0.2) is 48.4 Å². The zero-order valence-electron chi connectivity index (χ0n) is 14.5. The maximum absolute atomic E-state index is 11.3. The number of rotatable bonds is 10. The van der Waals surface area contributed by atoms with Crippen molar-refractivity contribution in [3.05, 3.63) is 24.1 Å². The van der Waals surface area contributed by atoms with Gasteiger partial charge in [-0.1, -0.05) is 11.6 Å². The number of aromatic hydroxyl groups is 1. The van der Waals surface area contributed by atoms with Crippen molar-refractivity contribution in [3.8, 4) is 22.9 Å². The number of aromatic nitrogens is 2. The minimum absolute atomic E-state index is 0.00775. The lowest BCUT2D eigenvalue weighted by Crippen LogP contribution is -2.32. The van der Waals surface area contributed by atoms with E-state index in [0.717, 1.165) is 24.8 Å². The first-order chi connectivity index (χ1) is 12.1. The normalized spacial score (nSPS) is 10.6. The first-order valence-electron chi connectivity index (χ1n) is 8.25. The lowest BCUT2D eigenvalue weighted by atomic mass is 10.2. The van der Waals surface area contributed by atoms with E-state index < -0.39 is 0 Å². The maximum Gasteiger partial charge on any atom is 0.233 e. The molecule has 0 fully saturated rings. The summed E-state index contributed by atoms with van der Waals surface area (Å²) in [6, 6.07) is 4.91. The number of likely N-dealkylation sites (N-methyl/N-ethyl adjacent to an activating group) is 1. The molecule has 0 aliphatic heterocycles. The van der Waals surface area contributed by atoms with Gasteiger partial charge >= 0.3 is 0 Å². The Balaban J connectivity index is 1.75. The van der Waals surface area contributed by atoms with Crippen LogP contribution in [0.4, 0.5) is 0 Å². The van der Waals surface area contributed by atoms with E-state index in [1.807, 2.05) is 0 Å². The molecular weight excluding hydrogens is 324 g/mol. The number of aryl methyl sites for hydroxylation is 1. The summed E-state index contributed by atoms with van der Waals surface area (Å²) in [7, 11) is 3.23. The smallest absolute Gasteiger partial charge is 0.233 e. The Hall–Kier alpha value is -2.61. The van der Waals surface area contributed by atoms with Crippen LogP contribution >= 0.6 is 0 Å². The molecule has 2 aromatic rings. The summed E-state index contributed by atoms with van der Waals surface area (Å²) < 4.78 is 10.3. The molecule has 0 atom stereocenters. The molecule has 0 aliphatic carbocycles. The fraction of sp³-hybridized carbons (Fsp3) is 0.471. The van der Waals surface area contributed by atoms with Gasteiger partial charge in [0.25, 0.3) is 0 Å².